The van der Waals surface area contributed by atoms with E-state index < -0.39 is 64.4 Å². The predicted molar refractivity (Wildman–Crippen MR) is 325 cm³/mol. The Morgan fingerprint density at radius 1 is 0.372 bits per heavy atom. The van der Waals surface area contributed by atoms with Gasteiger partial charge in [0.15, 0.2) is 6.10 Å². The van der Waals surface area contributed by atoms with Crippen LogP contribution in [0.1, 0.15) is 213 Å². The van der Waals surface area contributed by atoms with Crippen molar-refractivity contribution in [1.29, 1.82) is 0 Å². The number of esters is 3. The average Bonchev–Trinajstić information content (AvgIpc) is 3.43. The highest BCUT2D eigenvalue weighted by molar-refractivity contribution is 7.47. The lowest BCUT2D eigenvalue weighted by atomic mass is 10.0. The molecule has 12 heteroatoms. The highest BCUT2D eigenvalue weighted by Gasteiger charge is 2.28. The van der Waals surface area contributed by atoms with Gasteiger partial charge in [-0.2, -0.15) is 0 Å². The van der Waals surface area contributed by atoms with E-state index in [1.54, 1.807) is 0 Å². The molecule has 0 aliphatic heterocycles. The van der Waals surface area contributed by atoms with Crippen LogP contribution in [0.5, 0.6) is 0 Å². The predicted octanol–water partition coefficient (Wildman–Crippen LogP) is 17.9. The maximum atomic E-state index is 12.9. The molecule has 0 aromatic heterocycles. The number of hydrogen-bond acceptors (Lipinski definition) is 10. The van der Waals surface area contributed by atoms with Crippen LogP contribution in [0.3, 0.4) is 0 Å². The summed E-state index contributed by atoms with van der Waals surface area (Å²) in [6.45, 7) is 4.23. The van der Waals surface area contributed by atoms with E-state index in [0.717, 1.165) is 89.9 Å². The molecule has 0 rings (SSSR count). The maximum Gasteiger partial charge on any atom is 0.472 e. The summed E-state index contributed by atoms with van der Waals surface area (Å²) in [5.74, 6) is -1.68. The summed E-state index contributed by atoms with van der Waals surface area (Å²) in [6, 6.07) is 0. The molecule has 0 amide bonds. The molecule has 0 aromatic carbocycles. The highest BCUT2D eigenvalue weighted by Crippen LogP contribution is 2.43. The first-order valence-electron chi connectivity index (χ1n) is 29.7. The molecular formula is C66H105O11P. The van der Waals surface area contributed by atoms with Gasteiger partial charge >= 0.3 is 25.7 Å². The van der Waals surface area contributed by atoms with E-state index in [0.29, 0.717) is 25.7 Å². The van der Waals surface area contributed by atoms with Gasteiger partial charge in [0.25, 0.3) is 0 Å². The zero-order chi connectivity index (χ0) is 56.9. The number of ether oxygens (including phenoxy) is 3. The molecule has 0 bridgehead atoms. The number of hydrogen-bond donors (Lipinski definition) is 2. The van der Waals surface area contributed by atoms with Crippen LogP contribution in [0.4, 0.5) is 0 Å². The zero-order valence-electron chi connectivity index (χ0n) is 48.6. The Bertz CT molecular complexity index is 1860. The lowest BCUT2D eigenvalue weighted by Gasteiger charge is -2.21. The van der Waals surface area contributed by atoms with Gasteiger partial charge in [0, 0.05) is 19.3 Å². The molecule has 78 heavy (non-hydrogen) atoms. The summed E-state index contributed by atoms with van der Waals surface area (Å²) in [4.78, 5) is 48.5. The molecule has 0 radical (unpaired) electrons. The monoisotopic (exact) mass is 1100 g/mol. The molecule has 0 fully saturated rings. The van der Waals surface area contributed by atoms with E-state index >= 15 is 0 Å². The molecule has 3 atom stereocenters. The van der Waals surface area contributed by atoms with Crippen LogP contribution in [0, 0.1) is 0 Å². The molecule has 0 aromatic rings. The van der Waals surface area contributed by atoms with Crippen LogP contribution in [-0.2, 0) is 42.2 Å². The van der Waals surface area contributed by atoms with Crippen molar-refractivity contribution in [3.63, 3.8) is 0 Å². The first-order chi connectivity index (χ1) is 38.2. The van der Waals surface area contributed by atoms with Crippen molar-refractivity contribution in [2.45, 2.75) is 226 Å². The van der Waals surface area contributed by atoms with E-state index in [9.17, 15) is 28.9 Å². The number of phosphoric acid groups is 1. The minimum Gasteiger partial charge on any atom is -0.462 e. The number of unbranched alkanes of at least 4 members (excludes halogenated alkanes) is 12. The topological polar surface area (TPSA) is 155 Å². The molecule has 0 saturated heterocycles. The number of phosphoric ester groups is 1. The van der Waals surface area contributed by atoms with E-state index in [4.69, 9.17) is 23.3 Å². The Hall–Kier alpha value is -4.64. The van der Waals surface area contributed by atoms with Gasteiger partial charge in [-0.1, -0.05) is 244 Å². The van der Waals surface area contributed by atoms with Gasteiger partial charge in [-0.15, -0.1) is 0 Å². The van der Waals surface area contributed by atoms with Crippen LogP contribution in [0.25, 0.3) is 0 Å². The Balaban J connectivity index is 4.96. The average molecular weight is 1110 g/mol. The molecule has 0 aliphatic carbocycles. The van der Waals surface area contributed by atoms with Gasteiger partial charge < -0.3 is 24.2 Å². The normalized spacial score (nSPS) is 14.4. The highest BCUT2D eigenvalue weighted by atomic mass is 31.2. The zero-order valence-corrected chi connectivity index (χ0v) is 49.5. The third kappa shape index (κ3) is 56.1. The summed E-state index contributed by atoms with van der Waals surface area (Å²) < 4.78 is 39.4. The quantitative estimate of drug-likeness (QED) is 0.0197. The van der Waals surface area contributed by atoms with Gasteiger partial charge in [0.2, 0.25) is 0 Å². The Morgan fingerprint density at radius 3 is 1.03 bits per heavy atom. The van der Waals surface area contributed by atoms with Crippen LogP contribution in [0.15, 0.2) is 146 Å². The second-order valence-corrected chi connectivity index (χ2v) is 20.5. The molecule has 3 unspecified atom stereocenters. The van der Waals surface area contributed by atoms with Gasteiger partial charge in [0.1, 0.15) is 12.7 Å². The molecule has 0 aliphatic rings. The van der Waals surface area contributed by atoms with E-state index in [1.165, 1.54) is 57.8 Å². The second kappa shape index (κ2) is 58.5. The van der Waals surface area contributed by atoms with Crippen molar-refractivity contribution in [3.05, 3.63) is 146 Å². The standard InChI is InChI=1S/C66H105O11P/c1-4-7-10-13-16-19-22-25-27-29-31-33-35-38-40-43-46-49-52-55-64(68)73-59-63(77-66(70)57-54-51-48-45-42-39-36-34-32-30-28-26-23-20-17-14-11-8-5-2)61-75-78(71,72)74-60-62(58-67)76-65(69)56-53-50-47-44-41-37-24-21-18-15-12-9-6-3/h7-8,10-11,16-17,19-20,25-28,31-34,38-40,42,46,48-49,51,62-63,67H,4-6,9,12-15,18,21-24,29-30,35-37,41,43-45,47,50,52-61H2,1-3H3,(H,71,72)/b10-7-,11-8-,19-16-,20-17-,27-25-,28-26-,33-31-,34-32-,40-38-,42-39-,49-46-,51-48-. The smallest absolute Gasteiger partial charge is 0.462 e. The third-order valence-corrected chi connectivity index (χ3v) is 12.7. The fourth-order valence-electron chi connectivity index (χ4n) is 7.35. The first kappa shape index (κ1) is 73.4. The Kier molecular flexibility index (Phi) is 55.0. The van der Waals surface area contributed by atoms with Crippen molar-refractivity contribution in [2.75, 3.05) is 26.4 Å². The Morgan fingerprint density at radius 2 is 0.667 bits per heavy atom. The maximum absolute atomic E-state index is 12.9. The van der Waals surface area contributed by atoms with E-state index in [2.05, 4.69) is 142 Å². The molecule has 440 valence electrons. The van der Waals surface area contributed by atoms with Gasteiger partial charge in [-0.05, 0) is 96.3 Å². The van der Waals surface area contributed by atoms with Crippen molar-refractivity contribution < 1.29 is 52.2 Å². The van der Waals surface area contributed by atoms with Gasteiger partial charge in [-0.25, -0.2) is 4.57 Å². The van der Waals surface area contributed by atoms with Crippen LogP contribution in [-0.4, -0.2) is 66.5 Å². The minimum atomic E-state index is -4.79. The molecule has 0 saturated carbocycles. The van der Waals surface area contributed by atoms with Crippen LogP contribution >= 0.6 is 7.82 Å². The molecule has 2 N–H and O–H groups in total. The van der Waals surface area contributed by atoms with E-state index in [1.807, 2.05) is 24.3 Å². The first-order valence-corrected chi connectivity index (χ1v) is 31.2. The minimum absolute atomic E-state index is 0.0193. The Labute approximate surface area is 473 Å². The summed E-state index contributed by atoms with van der Waals surface area (Å²) in [7, 11) is -4.79. The number of rotatable bonds is 53. The summed E-state index contributed by atoms with van der Waals surface area (Å²) in [5.41, 5.74) is 0. The van der Waals surface area contributed by atoms with E-state index in [-0.39, 0.29) is 19.3 Å². The lowest BCUT2D eigenvalue weighted by Crippen LogP contribution is -2.30. The number of carbonyl (C=O) groups is 3. The molecule has 0 heterocycles. The third-order valence-electron chi connectivity index (χ3n) is 11.8. The second-order valence-electron chi connectivity index (χ2n) is 19.0. The lowest BCUT2D eigenvalue weighted by molar-refractivity contribution is -0.161. The molecular weight excluding hydrogens is 1000 g/mol. The summed E-state index contributed by atoms with van der Waals surface area (Å²) >= 11 is 0. The largest absolute Gasteiger partial charge is 0.472 e. The van der Waals surface area contributed by atoms with Crippen molar-refractivity contribution in [2.24, 2.45) is 0 Å². The number of allylic oxidation sites excluding steroid dienone is 24. The summed E-state index contributed by atoms with van der Waals surface area (Å²) in [5, 5.41) is 9.82. The van der Waals surface area contributed by atoms with Crippen molar-refractivity contribution in [1.82, 2.24) is 0 Å². The van der Waals surface area contributed by atoms with Crippen LogP contribution in [0.2, 0.25) is 0 Å². The fraction of sp³-hybridized carbons (Fsp3) is 0.591. The number of carbonyl (C=O) groups excluding carboxylic acids is 3. The number of aliphatic hydroxyl groups excluding tert-OH is 1. The fourth-order valence-corrected chi connectivity index (χ4v) is 8.13. The van der Waals surface area contributed by atoms with Crippen LogP contribution < -0.4 is 0 Å². The van der Waals surface area contributed by atoms with Crippen molar-refractivity contribution in [3.8, 4) is 0 Å². The summed E-state index contributed by atoms with van der Waals surface area (Å²) in [6.07, 6.45) is 75.5. The SMILES string of the molecule is CC/C=C\C/C=C\C/C=C\C/C=C\C/C=C\C/C=C\CCC(=O)OCC(COP(=O)(O)OCC(CO)OC(=O)CCCCCCCCCCCCCCC)OC(=O)CC/C=C\C/C=C\C/C=C\C/C=C\C/C=C\C/C=C\CC. The van der Waals surface area contributed by atoms with Gasteiger partial charge in [-0.3, -0.25) is 23.4 Å². The van der Waals surface area contributed by atoms with Gasteiger partial charge in [0.05, 0.1) is 19.8 Å². The molecule has 0 spiro atoms. The molecule has 11 nitrogen and oxygen atoms in total. The van der Waals surface area contributed by atoms with Crippen molar-refractivity contribution >= 4 is 25.7 Å². The number of aliphatic hydroxyl groups is 1.